The number of nitrogens with two attached hydrogens (primary N) is 1. The first-order valence-corrected chi connectivity index (χ1v) is 9.12. The lowest BCUT2D eigenvalue weighted by Crippen LogP contribution is -2.48. The Bertz CT molecular complexity index is 542. The zero-order valence-corrected chi connectivity index (χ0v) is 17.8. The molecular formula is C17H34Cl2N6O. The Morgan fingerprint density at radius 1 is 1.12 bits per heavy atom. The Hall–Kier alpha value is -0.440. The number of nitrogens with zero attached hydrogens (tertiary/aromatic N) is 5. The number of morpholine rings is 1. The minimum atomic E-state index is -0.150. The number of hydrogen-bond donors (Lipinski definition) is 1. The lowest BCUT2D eigenvalue weighted by molar-refractivity contribution is 0.0326. The predicted octanol–water partition coefficient (Wildman–Crippen LogP) is 1.41. The number of aromatic nitrogens is 3. The molecule has 3 rings (SSSR count). The van der Waals surface area contributed by atoms with Crippen molar-refractivity contribution in [2.24, 2.45) is 12.8 Å². The van der Waals surface area contributed by atoms with Crippen LogP contribution in [0, 0.1) is 0 Å². The van der Waals surface area contributed by atoms with Gasteiger partial charge in [-0.15, -0.1) is 35.0 Å². The maximum Gasteiger partial charge on any atom is 0.146 e. The van der Waals surface area contributed by atoms with E-state index in [-0.39, 0.29) is 30.4 Å². The first kappa shape index (κ1) is 23.6. The van der Waals surface area contributed by atoms with E-state index in [0.717, 1.165) is 64.1 Å². The zero-order chi connectivity index (χ0) is 17.2. The molecule has 7 nitrogen and oxygen atoms in total. The van der Waals surface area contributed by atoms with Crippen LogP contribution in [0.5, 0.6) is 0 Å². The molecule has 1 aromatic heterocycles. The van der Waals surface area contributed by atoms with Gasteiger partial charge in [0.25, 0.3) is 0 Å². The summed E-state index contributed by atoms with van der Waals surface area (Å²) in [5.74, 6) is 2.64. The van der Waals surface area contributed by atoms with Gasteiger partial charge in [-0.1, -0.05) is 0 Å². The molecule has 26 heavy (non-hydrogen) atoms. The first-order chi connectivity index (χ1) is 11.4. The van der Waals surface area contributed by atoms with E-state index in [0.29, 0.717) is 5.92 Å². The van der Waals surface area contributed by atoms with E-state index in [2.05, 4.69) is 45.5 Å². The smallest absolute Gasteiger partial charge is 0.146 e. The lowest BCUT2D eigenvalue weighted by Gasteiger charge is -2.36. The largest absolute Gasteiger partial charge is 0.379 e. The summed E-state index contributed by atoms with van der Waals surface area (Å²) < 4.78 is 7.62. The molecule has 152 valence electrons. The molecule has 2 aliphatic rings. The summed E-state index contributed by atoms with van der Waals surface area (Å²) in [6.45, 7) is 11.7. The van der Waals surface area contributed by atoms with Crippen LogP contribution in [0.25, 0.3) is 0 Å². The molecule has 0 spiro atoms. The summed E-state index contributed by atoms with van der Waals surface area (Å²) in [6, 6.07) is 0. The normalized spacial score (nSPS) is 22.5. The van der Waals surface area contributed by atoms with Crippen LogP contribution >= 0.6 is 24.8 Å². The van der Waals surface area contributed by atoms with Gasteiger partial charge in [0.1, 0.15) is 11.6 Å². The van der Waals surface area contributed by atoms with Gasteiger partial charge in [-0.2, -0.15) is 0 Å². The molecule has 0 amide bonds. The molecule has 2 fully saturated rings. The highest BCUT2D eigenvalue weighted by Crippen LogP contribution is 2.26. The molecular weight excluding hydrogens is 375 g/mol. The van der Waals surface area contributed by atoms with E-state index in [1.807, 2.05) is 0 Å². The van der Waals surface area contributed by atoms with E-state index in [1.165, 1.54) is 12.8 Å². The van der Waals surface area contributed by atoms with Crippen LogP contribution in [0.15, 0.2) is 0 Å². The fraction of sp³-hybridized carbons (Fsp3) is 0.882. The van der Waals surface area contributed by atoms with Gasteiger partial charge in [0, 0.05) is 44.7 Å². The summed E-state index contributed by atoms with van der Waals surface area (Å²) in [5.41, 5.74) is 6.05. The van der Waals surface area contributed by atoms with Crippen molar-refractivity contribution in [1.29, 1.82) is 0 Å². The van der Waals surface area contributed by atoms with Gasteiger partial charge in [-0.25, -0.2) is 0 Å². The van der Waals surface area contributed by atoms with Gasteiger partial charge in [0.15, 0.2) is 0 Å². The van der Waals surface area contributed by atoms with Gasteiger partial charge < -0.3 is 19.9 Å². The number of ether oxygens (including phenoxy) is 1. The maximum absolute atomic E-state index is 6.20. The zero-order valence-electron chi connectivity index (χ0n) is 16.2. The molecule has 0 saturated carbocycles. The Balaban J connectivity index is 0.00000169. The van der Waals surface area contributed by atoms with Crippen molar-refractivity contribution in [3.05, 3.63) is 11.6 Å². The predicted molar refractivity (Wildman–Crippen MR) is 108 cm³/mol. The van der Waals surface area contributed by atoms with E-state index < -0.39 is 0 Å². The van der Waals surface area contributed by atoms with E-state index in [4.69, 9.17) is 10.5 Å². The number of hydrogen-bond acceptors (Lipinski definition) is 6. The quantitative estimate of drug-likeness (QED) is 0.793. The molecule has 0 radical (unpaired) electrons. The highest BCUT2D eigenvalue weighted by molar-refractivity contribution is 5.85. The third-order valence-corrected chi connectivity index (χ3v) is 4.97. The molecule has 3 heterocycles. The van der Waals surface area contributed by atoms with Crippen molar-refractivity contribution < 1.29 is 4.74 Å². The van der Waals surface area contributed by atoms with Gasteiger partial charge in [-0.05, 0) is 33.2 Å². The second kappa shape index (κ2) is 10.2. The van der Waals surface area contributed by atoms with E-state index in [1.54, 1.807) is 0 Å². The summed E-state index contributed by atoms with van der Waals surface area (Å²) in [5, 5.41) is 9.00. The Labute approximate surface area is 169 Å². The van der Waals surface area contributed by atoms with Gasteiger partial charge in [0.2, 0.25) is 0 Å². The second-order valence-electron chi connectivity index (χ2n) is 7.98. The van der Waals surface area contributed by atoms with Crippen molar-refractivity contribution >= 4 is 24.8 Å². The number of piperidine rings is 1. The molecule has 2 aliphatic heterocycles. The third kappa shape index (κ3) is 6.32. The van der Waals surface area contributed by atoms with Crippen LogP contribution in [-0.4, -0.2) is 76.0 Å². The van der Waals surface area contributed by atoms with Gasteiger partial charge in [0.05, 0.1) is 19.8 Å². The summed E-state index contributed by atoms with van der Waals surface area (Å²) in [4.78, 5) is 4.87. The number of rotatable bonds is 5. The molecule has 2 saturated heterocycles. The topological polar surface area (TPSA) is 72.4 Å². The maximum atomic E-state index is 6.20. The minimum Gasteiger partial charge on any atom is -0.379 e. The molecule has 9 heteroatoms. The molecule has 2 N–H and O–H groups in total. The van der Waals surface area contributed by atoms with Crippen LogP contribution in [0.3, 0.4) is 0 Å². The molecule has 1 unspecified atom stereocenters. The third-order valence-electron chi connectivity index (χ3n) is 4.97. The lowest BCUT2D eigenvalue weighted by atomic mass is 9.95. The Morgan fingerprint density at radius 2 is 1.81 bits per heavy atom. The van der Waals surface area contributed by atoms with Crippen molar-refractivity contribution in [2.45, 2.75) is 44.7 Å². The molecule has 0 bridgehead atoms. The Morgan fingerprint density at radius 3 is 2.46 bits per heavy atom. The Kier molecular flexibility index (Phi) is 9.26. The highest BCUT2D eigenvalue weighted by atomic mass is 35.5. The fourth-order valence-electron chi connectivity index (χ4n) is 3.81. The minimum absolute atomic E-state index is 0. The summed E-state index contributed by atoms with van der Waals surface area (Å²) in [6.07, 6.45) is 2.39. The average Bonchev–Trinajstić information content (AvgIpc) is 2.88. The fourth-order valence-corrected chi connectivity index (χ4v) is 3.81. The van der Waals surface area contributed by atoms with Crippen LogP contribution in [0.1, 0.15) is 44.3 Å². The second-order valence-corrected chi connectivity index (χ2v) is 7.98. The highest BCUT2D eigenvalue weighted by Gasteiger charge is 2.28. The molecule has 1 atom stereocenters. The molecule has 0 aromatic carbocycles. The first-order valence-electron chi connectivity index (χ1n) is 9.12. The van der Waals surface area contributed by atoms with E-state index in [9.17, 15) is 0 Å². The average molecular weight is 409 g/mol. The van der Waals surface area contributed by atoms with Crippen LogP contribution in [0.2, 0.25) is 0 Å². The van der Waals surface area contributed by atoms with Crippen LogP contribution in [0.4, 0.5) is 0 Å². The number of halogens is 2. The summed E-state index contributed by atoms with van der Waals surface area (Å²) >= 11 is 0. The number of likely N-dealkylation sites (tertiary alicyclic amines) is 1. The van der Waals surface area contributed by atoms with Crippen LogP contribution < -0.4 is 5.73 Å². The van der Waals surface area contributed by atoms with Crippen molar-refractivity contribution in [2.75, 3.05) is 45.9 Å². The SMILES string of the molecule is Cl.Cl.Cn1c(CN2CCOCC2)nnc1C1CCCN(CC(C)(C)N)C1. The summed E-state index contributed by atoms with van der Waals surface area (Å²) in [7, 11) is 2.11. The molecule has 1 aromatic rings. The van der Waals surface area contributed by atoms with Gasteiger partial charge in [-0.3, -0.25) is 4.90 Å². The molecule has 0 aliphatic carbocycles. The standard InChI is InChI=1S/C17H32N6O.2ClH/c1-17(2,18)13-23-6-4-5-14(11-23)16-20-19-15(21(16)3)12-22-7-9-24-10-8-22;;/h14H,4-13,18H2,1-3H3;2*1H. The van der Waals surface area contributed by atoms with E-state index >= 15 is 0 Å². The van der Waals surface area contributed by atoms with Crippen LogP contribution in [-0.2, 0) is 18.3 Å². The van der Waals surface area contributed by atoms with Gasteiger partial charge >= 0.3 is 0 Å². The monoisotopic (exact) mass is 408 g/mol. The van der Waals surface area contributed by atoms with Crippen molar-refractivity contribution in [3.8, 4) is 0 Å². The van der Waals surface area contributed by atoms with Crippen molar-refractivity contribution in [3.63, 3.8) is 0 Å². The van der Waals surface area contributed by atoms with Crippen molar-refractivity contribution in [1.82, 2.24) is 24.6 Å².